The van der Waals surface area contributed by atoms with Crippen LogP contribution in [0.3, 0.4) is 0 Å². The summed E-state index contributed by atoms with van der Waals surface area (Å²) in [4.78, 5) is 10.3. The highest BCUT2D eigenvalue weighted by Gasteiger charge is 2.12. The number of hydrogen-bond donors (Lipinski definition) is 1. The van der Waals surface area contributed by atoms with E-state index in [-0.39, 0.29) is 17.9 Å². The maximum Gasteiger partial charge on any atom is 0.283 e. The van der Waals surface area contributed by atoms with Gasteiger partial charge in [-0.2, -0.15) is 0 Å². The van der Waals surface area contributed by atoms with Crippen LogP contribution in [0.25, 0.3) is 0 Å². The zero-order valence-electron chi connectivity index (χ0n) is 10.1. The molecule has 0 saturated carbocycles. The molecule has 0 aliphatic heterocycles. The summed E-state index contributed by atoms with van der Waals surface area (Å²) < 4.78 is 13.9. The molecular weight excluding hydrogens is 351 g/mol. The molecule has 0 heterocycles. The monoisotopic (exact) mass is 358 g/mol. The number of nitrogens with zero attached hydrogens (tertiary/aromatic N) is 1. The lowest BCUT2D eigenvalue weighted by Crippen LogP contribution is -2.02. The van der Waals surface area contributed by atoms with Gasteiger partial charge in [0, 0.05) is 17.6 Å². The van der Waals surface area contributed by atoms with Crippen molar-refractivity contribution >= 4 is 38.9 Å². The fourth-order valence-electron chi connectivity index (χ4n) is 1.64. The predicted molar refractivity (Wildman–Crippen MR) is 79.5 cm³/mol. The van der Waals surface area contributed by atoms with Gasteiger partial charge in [0.1, 0.15) is 5.82 Å². The Kier molecular flexibility index (Phi) is 4.57. The number of nitrogens with one attached hydrogen (secondary N) is 1. The van der Waals surface area contributed by atoms with Gasteiger partial charge in [-0.05, 0) is 45.8 Å². The normalized spacial score (nSPS) is 10.3. The third-order valence-electron chi connectivity index (χ3n) is 2.62. The number of halogens is 3. The lowest BCUT2D eigenvalue weighted by molar-refractivity contribution is -0.385. The van der Waals surface area contributed by atoms with Crippen LogP contribution in [0, 0.1) is 15.9 Å². The first kappa shape index (κ1) is 14.7. The molecule has 0 spiro atoms. The maximum absolute atomic E-state index is 13.5. The summed E-state index contributed by atoms with van der Waals surface area (Å²) in [6.07, 6.45) is 0. The Morgan fingerprint density at radius 1 is 1.30 bits per heavy atom. The Bertz CT molecular complexity index is 667. The molecule has 4 nitrogen and oxygen atoms in total. The Labute approximate surface area is 127 Å². The van der Waals surface area contributed by atoms with Gasteiger partial charge in [0.15, 0.2) is 0 Å². The van der Waals surface area contributed by atoms with E-state index in [9.17, 15) is 14.5 Å². The van der Waals surface area contributed by atoms with Gasteiger partial charge in [0.2, 0.25) is 0 Å². The predicted octanol–water partition coefficient (Wildman–Crippen LogP) is 4.76. The molecule has 0 aliphatic carbocycles. The molecule has 0 bridgehead atoms. The van der Waals surface area contributed by atoms with E-state index < -0.39 is 10.7 Å². The van der Waals surface area contributed by atoms with Crippen LogP contribution in [-0.2, 0) is 6.54 Å². The van der Waals surface area contributed by atoms with Gasteiger partial charge in [-0.1, -0.05) is 17.7 Å². The van der Waals surface area contributed by atoms with Crippen molar-refractivity contribution in [1.82, 2.24) is 0 Å². The average molecular weight is 360 g/mol. The van der Waals surface area contributed by atoms with Crippen molar-refractivity contribution < 1.29 is 9.31 Å². The standard InChI is InChI=1S/C13H9BrClFN2O2/c14-10-3-1-8(5-13(10)18(19)20)7-17-12-6-9(15)2-4-11(12)16/h1-6,17H,7H2. The van der Waals surface area contributed by atoms with Crippen LogP contribution in [0.5, 0.6) is 0 Å². The van der Waals surface area contributed by atoms with E-state index >= 15 is 0 Å². The quantitative estimate of drug-likeness (QED) is 0.632. The minimum atomic E-state index is -0.479. The van der Waals surface area contributed by atoms with E-state index in [1.807, 2.05) is 0 Å². The highest BCUT2D eigenvalue weighted by atomic mass is 79.9. The molecule has 0 amide bonds. The Balaban J connectivity index is 2.17. The summed E-state index contributed by atoms with van der Waals surface area (Å²) in [5.74, 6) is -0.430. The lowest BCUT2D eigenvalue weighted by Gasteiger charge is -2.08. The van der Waals surface area contributed by atoms with Crippen molar-refractivity contribution in [2.45, 2.75) is 6.54 Å². The van der Waals surface area contributed by atoms with Crippen molar-refractivity contribution in [3.8, 4) is 0 Å². The van der Waals surface area contributed by atoms with Gasteiger partial charge < -0.3 is 5.32 Å². The van der Waals surface area contributed by atoms with Gasteiger partial charge in [-0.25, -0.2) is 4.39 Å². The number of hydrogen-bond acceptors (Lipinski definition) is 3. The molecule has 1 N–H and O–H groups in total. The van der Waals surface area contributed by atoms with Crippen LogP contribution in [0.2, 0.25) is 5.02 Å². The first-order valence-corrected chi connectivity index (χ1v) is 6.76. The van der Waals surface area contributed by atoms with Crippen molar-refractivity contribution in [3.63, 3.8) is 0 Å². The highest BCUT2D eigenvalue weighted by Crippen LogP contribution is 2.26. The molecule has 0 atom stereocenters. The van der Waals surface area contributed by atoms with Gasteiger partial charge in [-0.3, -0.25) is 10.1 Å². The Hall–Kier alpha value is -1.66. The molecule has 0 aromatic heterocycles. The summed E-state index contributed by atoms with van der Waals surface area (Å²) in [5, 5.41) is 14.1. The second kappa shape index (κ2) is 6.19. The molecule has 0 fully saturated rings. The van der Waals surface area contributed by atoms with E-state index in [4.69, 9.17) is 11.6 Å². The smallest absolute Gasteiger partial charge is 0.283 e. The SMILES string of the molecule is O=[N+]([O-])c1cc(CNc2cc(Cl)ccc2F)ccc1Br. The molecule has 2 aromatic carbocycles. The minimum absolute atomic E-state index is 0.0316. The van der Waals surface area contributed by atoms with Crippen LogP contribution < -0.4 is 5.32 Å². The van der Waals surface area contributed by atoms with Crippen LogP contribution in [0.1, 0.15) is 5.56 Å². The van der Waals surface area contributed by atoms with Gasteiger partial charge in [-0.15, -0.1) is 0 Å². The third-order valence-corrected chi connectivity index (χ3v) is 3.52. The van der Waals surface area contributed by atoms with Gasteiger partial charge >= 0.3 is 0 Å². The van der Waals surface area contributed by atoms with E-state index in [0.717, 1.165) is 0 Å². The van der Waals surface area contributed by atoms with E-state index in [1.165, 1.54) is 24.3 Å². The summed E-state index contributed by atoms with van der Waals surface area (Å²) in [6.45, 7) is 0.255. The average Bonchev–Trinajstić information content (AvgIpc) is 2.41. The molecule has 104 valence electrons. The van der Waals surface area contributed by atoms with Crippen LogP contribution in [0.15, 0.2) is 40.9 Å². The molecule has 0 radical (unpaired) electrons. The van der Waals surface area contributed by atoms with Crippen molar-refractivity contribution in [1.29, 1.82) is 0 Å². The molecule has 20 heavy (non-hydrogen) atoms. The first-order chi connectivity index (χ1) is 9.47. The van der Waals surface area contributed by atoms with Gasteiger partial charge in [0.25, 0.3) is 5.69 Å². The topological polar surface area (TPSA) is 55.2 Å². The number of nitro groups is 1. The Morgan fingerprint density at radius 2 is 2.05 bits per heavy atom. The largest absolute Gasteiger partial charge is 0.379 e. The lowest BCUT2D eigenvalue weighted by atomic mass is 10.2. The van der Waals surface area contributed by atoms with Crippen molar-refractivity contribution in [3.05, 3.63) is 67.4 Å². The molecule has 0 aliphatic rings. The van der Waals surface area contributed by atoms with E-state index in [2.05, 4.69) is 21.2 Å². The first-order valence-electron chi connectivity index (χ1n) is 5.59. The maximum atomic E-state index is 13.5. The summed E-state index contributed by atoms with van der Waals surface area (Å²) in [7, 11) is 0. The summed E-state index contributed by atoms with van der Waals surface area (Å²) in [6, 6.07) is 8.90. The fourth-order valence-corrected chi connectivity index (χ4v) is 2.20. The number of anilines is 1. The zero-order valence-corrected chi connectivity index (χ0v) is 12.4. The number of rotatable bonds is 4. The van der Waals surface area contributed by atoms with Crippen LogP contribution >= 0.6 is 27.5 Å². The van der Waals surface area contributed by atoms with E-state index in [0.29, 0.717) is 15.1 Å². The Morgan fingerprint density at radius 3 is 2.75 bits per heavy atom. The number of benzene rings is 2. The van der Waals surface area contributed by atoms with E-state index in [1.54, 1.807) is 12.1 Å². The summed E-state index contributed by atoms with van der Waals surface area (Å²) in [5.41, 5.74) is 0.887. The van der Waals surface area contributed by atoms with Gasteiger partial charge in [0.05, 0.1) is 15.1 Å². The zero-order chi connectivity index (χ0) is 14.7. The van der Waals surface area contributed by atoms with Crippen LogP contribution in [0.4, 0.5) is 15.8 Å². The molecular formula is C13H9BrClFN2O2. The highest BCUT2D eigenvalue weighted by molar-refractivity contribution is 9.10. The fraction of sp³-hybridized carbons (Fsp3) is 0.0769. The number of nitro benzene ring substituents is 1. The molecule has 7 heteroatoms. The molecule has 2 aromatic rings. The molecule has 2 rings (SSSR count). The van der Waals surface area contributed by atoms with Crippen molar-refractivity contribution in [2.24, 2.45) is 0 Å². The molecule has 0 saturated heterocycles. The summed E-state index contributed by atoms with van der Waals surface area (Å²) >= 11 is 8.89. The second-order valence-electron chi connectivity index (χ2n) is 4.02. The molecule has 0 unspecified atom stereocenters. The minimum Gasteiger partial charge on any atom is -0.379 e. The van der Waals surface area contributed by atoms with Crippen LogP contribution in [-0.4, -0.2) is 4.92 Å². The second-order valence-corrected chi connectivity index (χ2v) is 5.31. The third kappa shape index (κ3) is 3.46. The van der Waals surface area contributed by atoms with Crippen molar-refractivity contribution in [2.75, 3.05) is 5.32 Å².